The van der Waals surface area contributed by atoms with E-state index in [4.69, 9.17) is 10.7 Å². The zero-order chi connectivity index (χ0) is 20.7. The molecule has 0 spiro atoms. The van der Waals surface area contributed by atoms with E-state index in [2.05, 4.69) is 69.4 Å². The molecule has 2 rings (SSSR count). The molecule has 0 amide bonds. The Balaban J connectivity index is 2.44. The second-order valence-corrected chi connectivity index (χ2v) is 7.23. The molecule has 0 fully saturated rings. The second-order valence-electron chi connectivity index (χ2n) is 7.23. The lowest BCUT2D eigenvalue weighted by atomic mass is 9.99. The predicted molar refractivity (Wildman–Crippen MR) is 126 cm³/mol. The van der Waals surface area contributed by atoms with Gasteiger partial charge < -0.3 is 11.0 Å². The van der Waals surface area contributed by atoms with Gasteiger partial charge in [-0.2, -0.15) is 0 Å². The molecule has 0 unspecified atom stereocenters. The molecule has 146 valence electrons. The van der Waals surface area contributed by atoms with Gasteiger partial charge in [0.2, 0.25) is 7.98 Å². The molecule has 3 N–H and O–H groups in total. The van der Waals surface area contributed by atoms with E-state index in [-0.39, 0.29) is 0 Å². The summed E-state index contributed by atoms with van der Waals surface area (Å²) in [6.45, 7) is 11.2. The van der Waals surface area contributed by atoms with Gasteiger partial charge in [-0.25, -0.2) is 4.99 Å². The smallest absolute Gasteiger partial charge is 0.213 e. The van der Waals surface area contributed by atoms with Crippen molar-refractivity contribution in [2.45, 2.75) is 41.0 Å². The van der Waals surface area contributed by atoms with Crippen molar-refractivity contribution in [3.63, 3.8) is 0 Å². The van der Waals surface area contributed by atoms with Crippen LogP contribution in [0.15, 0.2) is 70.0 Å². The summed E-state index contributed by atoms with van der Waals surface area (Å²) in [5.74, 6) is 0. The van der Waals surface area contributed by atoms with Gasteiger partial charge in [0, 0.05) is 11.3 Å². The fourth-order valence-electron chi connectivity index (χ4n) is 3.61. The van der Waals surface area contributed by atoms with Crippen LogP contribution in [-0.2, 0) is 0 Å². The number of rotatable bonds is 7. The summed E-state index contributed by atoms with van der Waals surface area (Å²) in [6.07, 6.45) is 13.3. The molecule has 0 aliphatic carbocycles. The van der Waals surface area contributed by atoms with E-state index in [9.17, 15) is 0 Å². The first kappa shape index (κ1) is 21.7. The third-order valence-electron chi connectivity index (χ3n) is 4.87. The molecule has 1 aliphatic heterocycles. The normalized spacial score (nSPS) is 16.7. The van der Waals surface area contributed by atoms with Crippen molar-refractivity contribution in [2.24, 2.45) is 10.7 Å². The molecule has 0 radical (unpaired) electrons. The van der Waals surface area contributed by atoms with Gasteiger partial charge in [-0.1, -0.05) is 35.9 Å². The Hall–Kier alpha value is -2.59. The number of aryl methyl sites for hydroxylation is 3. The Labute approximate surface area is 171 Å². The Morgan fingerprint density at radius 1 is 1.14 bits per heavy atom. The molecule has 28 heavy (non-hydrogen) atoms. The third-order valence-corrected chi connectivity index (χ3v) is 4.87. The van der Waals surface area contributed by atoms with Crippen LogP contribution in [0, 0.1) is 20.8 Å². The lowest BCUT2D eigenvalue weighted by Gasteiger charge is -2.14. The molecule has 0 saturated heterocycles. The van der Waals surface area contributed by atoms with Crippen LogP contribution in [0.4, 0.5) is 0 Å². The van der Waals surface area contributed by atoms with Crippen molar-refractivity contribution in [2.75, 3.05) is 6.54 Å². The quantitative estimate of drug-likeness (QED) is 0.555. The van der Waals surface area contributed by atoms with E-state index in [1.54, 1.807) is 0 Å². The van der Waals surface area contributed by atoms with E-state index in [1.807, 2.05) is 27.1 Å². The van der Waals surface area contributed by atoms with E-state index in [0.717, 1.165) is 29.1 Å². The van der Waals surface area contributed by atoms with Crippen LogP contribution >= 0.6 is 0 Å². The third kappa shape index (κ3) is 5.23. The monoisotopic (exact) mass is 373 g/mol. The van der Waals surface area contributed by atoms with Gasteiger partial charge >= 0.3 is 0 Å². The summed E-state index contributed by atoms with van der Waals surface area (Å²) >= 11 is 0. The molecule has 1 aliphatic rings. The highest BCUT2D eigenvalue weighted by molar-refractivity contribution is 6.10. The minimum Gasteiger partial charge on any atom is -0.434 e. The fraction of sp³-hybridized carbons (Fsp3) is 0.292. The van der Waals surface area contributed by atoms with Crippen LogP contribution in [0.5, 0.6) is 0 Å². The van der Waals surface area contributed by atoms with Crippen molar-refractivity contribution in [3.05, 3.63) is 87.3 Å². The summed E-state index contributed by atoms with van der Waals surface area (Å²) in [4.78, 5) is 4.91. The van der Waals surface area contributed by atoms with Gasteiger partial charge in [0.15, 0.2) is 0 Å². The highest BCUT2D eigenvalue weighted by atomic mass is 14.8. The summed E-state index contributed by atoms with van der Waals surface area (Å²) in [5.41, 5.74) is 16.4. The standard InChI is InChI=1S/C24H32BN3/c1-6-7-8-23(28-25)22(11-12-26)24-19(5)15-20(27-24)9-10-21-17(3)13-16(2)14-18(21)4/h6-10,13-15,28H,11-12,25-26H2,1-5H3/b7-6-,10-9+,23-8-,24-22-. The first-order chi connectivity index (χ1) is 13.4. The average Bonchev–Trinajstić information content (AvgIpc) is 3.00. The SMILES string of the molecule is BNC(=C\C=C/C)/C(CCN)=C1N=C(/C=C/c2c(C)cc(C)cc2C)C=C\1C. The molecule has 0 aromatic heterocycles. The number of aliphatic imine (C=N–C) groups is 1. The van der Waals surface area contributed by atoms with Crippen molar-refractivity contribution >= 4 is 19.8 Å². The summed E-state index contributed by atoms with van der Waals surface area (Å²) in [7, 11) is 1.94. The number of nitrogens with one attached hydrogen (secondary N) is 1. The molecular formula is C24H32BN3. The summed E-state index contributed by atoms with van der Waals surface area (Å²) in [6, 6.07) is 4.44. The van der Waals surface area contributed by atoms with Gasteiger partial charge in [-0.3, -0.25) is 0 Å². The average molecular weight is 373 g/mol. The number of nitrogens with zero attached hydrogens (tertiary/aromatic N) is 1. The Morgan fingerprint density at radius 3 is 2.39 bits per heavy atom. The van der Waals surface area contributed by atoms with E-state index in [1.165, 1.54) is 27.8 Å². The molecule has 1 heterocycles. The maximum atomic E-state index is 5.89. The van der Waals surface area contributed by atoms with Gasteiger partial charge in [0.1, 0.15) is 0 Å². The van der Waals surface area contributed by atoms with Crippen LogP contribution in [0.2, 0.25) is 0 Å². The van der Waals surface area contributed by atoms with E-state index < -0.39 is 0 Å². The first-order valence-corrected chi connectivity index (χ1v) is 9.88. The van der Waals surface area contributed by atoms with Crippen LogP contribution in [0.3, 0.4) is 0 Å². The molecule has 0 bridgehead atoms. The topological polar surface area (TPSA) is 50.4 Å². The minimum atomic E-state index is 0.587. The molecular weight excluding hydrogens is 341 g/mol. The number of nitrogens with two attached hydrogens (primary N) is 1. The Bertz CT molecular complexity index is 889. The molecule has 1 aromatic carbocycles. The molecule has 0 atom stereocenters. The van der Waals surface area contributed by atoms with E-state index in [0.29, 0.717) is 6.54 Å². The van der Waals surface area contributed by atoms with Gasteiger partial charge in [0.05, 0.1) is 11.4 Å². The van der Waals surface area contributed by atoms with Gasteiger partial charge in [0.25, 0.3) is 0 Å². The maximum absolute atomic E-state index is 5.89. The van der Waals surface area contributed by atoms with Gasteiger partial charge in [-0.15, -0.1) is 0 Å². The molecule has 1 aromatic rings. The lowest BCUT2D eigenvalue weighted by Crippen LogP contribution is -2.14. The summed E-state index contributed by atoms with van der Waals surface area (Å²) < 4.78 is 0. The highest BCUT2D eigenvalue weighted by Gasteiger charge is 2.16. The second kappa shape index (κ2) is 10.1. The van der Waals surface area contributed by atoms with Crippen molar-refractivity contribution in [1.82, 2.24) is 5.23 Å². The lowest BCUT2D eigenvalue weighted by molar-refractivity contribution is 0.921. The zero-order valence-electron chi connectivity index (χ0n) is 18.1. The molecule has 0 saturated carbocycles. The molecule has 4 heteroatoms. The number of hydrogen-bond acceptors (Lipinski definition) is 3. The summed E-state index contributed by atoms with van der Waals surface area (Å²) in [5, 5.41) is 3.29. The largest absolute Gasteiger partial charge is 0.434 e. The number of hydrogen-bond donors (Lipinski definition) is 2. The fourth-order valence-corrected chi connectivity index (χ4v) is 3.61. The van der Waals surface area contributed by atoms with Gasteiger partial charge in [-0.05, 0) is 88.1 Å². The highest BCUT2D eigenvalue weighted by Crippen LogP contribution is 2.28. The number of benzene rings is 1. The Morgan fingerprint density at radius 2 is 1.82 bits per heavy atom. The van der Waals surface area contributed by atoms with Crippen molar-refractivity contribution in [3.8, 4) is 0 Å². The van der Waals surface area contributed by atoms with Crippen molar-refractivity contribution < 1.29 is 0 Å². The predicted octanol–water partition coefficient (Wildman–Crippen LogP) is 4.23. The van der Waals surface area contributed by atoms with Crippen LogP contribution in [0.25, 0.3) is 6.08 Å². The first-order valence-electron chi connectivity index (χ1n) is 9.88. The Kier molecular flexibility index (Phi) is 7.83. The van der Waals surface area contributed by atoms with Crippen molar-refractivity contribution in [1.29, 1.82) is 0 Å². The number of allylic oxidation sites excluding steroid dienone is 7. The maximum Gasteiger partial charge on any atom is 0.213 e. The van der Waals surface area contributed by atoms with Crippen LogP contribution in [0.1, 0.15) is 42.5 Å². The minimum absolute atomic E-state index is 0.587. The van der Waals surface area contributed by atoms with E-state index >= 15 is 0 Å². The zero-order valence-corrected chi connectivity index (χ0v) is 18.1. The van der Waals surface area contributed by atoms with Crippen LogP contribution < -0.4 is 11.0 Å². The molecule has 3 nitrogen and oxygen atoms in total. The van der Waals surface area contributed by atoms with Crippen LogP contribution in [-0.4, -0.2) is 20.2 Å².